The Hall–Kier alpha value is -1.27. The first-order chi connectivity index (χ1) is 9.90. The van der Waals surface area contributed by atoms with Crippen LogP contribution in [0.15, 0.2) is 16.6 Å². The largest absolute Gasteiger partial charge is 0.493 e. The zero-order valence-electron chi connectivity index (χ0n) is 12.8. The van der Waals surface area contributed by atoms with Gasteiger partial charge in [-0.25, -0.2) is 0 Å². The molecule has 0 aliphatic carbocycles. The predicted molar refractivity (Wildman–Crippen MR) is 85.0 cm³/mol. The summed E-state index contributed by atoms with van der Waals surface area (Å²) in [6.45, 7) is 6.62. The molecule has 5 nitrogen and oxygen atoms in total. The fourth-order valence-electron chi connectivity index (χ4n) is 1.97. The highest BCUT2D eigenvalue weighted by atomic mass is 79.9. The highest BCUT2D eigenvalue weighted by molar-refractivity contribution is 9.10. The van der Waals surface area contributed by atoms with Crippen LogP contribution in [-0.2, 0) is 11.3 Å². The Morgan fingerprint density at radius 3 is 2.52 bits per heavy atom. The number of nitrogens with one attached hydrogen (secondary N) is 1. The van der Waals surface area contributed by atoms with E-state index in [1.165, 1.54) is 0 Å². The highest BCUT2D eigenvalue weighted by Crippen LogP contribution is 2.33. The molecule has 0 spiro atoms. The molecule has 0 radical (unpaired) electrons. The molecule has 0 saturated carbocycles. The molecule has 21 heavy (non-hydrogen) atoms. The van der Waals surface area contributed by atoms with Gasteiger partial charge in [-0.05, 0) is 30.5 Å². The fourth-order valence-corrected chi connectivity index (χ4v) is 2.43. The van der Waals surface area contributed by atoms with Crippen molar-refractivity contribution < 1.29 is 19.4 Å². The van der Waals surface area contributed by atoms with E-state index in [1.807, 2.05) is 32.9 Å². The standard InChI is InChI=1S/C15H22BrNO4/c1-5-21-13-6-10(11(16)7-12(13)20-4)8-17-14(9(2)3)15(18)19/h6-7,9,14,17H,5,8H2,1-4H3,(H,18,19). The maximum atomic E-state index is 11.2. The Morgan fingerprint density at radius 1 is 1.38 bits per heavy atom. The number of hydrogen-bond donors (Lipinski definition) is 2. The molecule has 1 aromatic carbocycles. The normalized spacial score (nSPS) is 12.3. The van der Waals surface area contributed by atoms with Crippen LogP contribution >= 0.6 is 15.9 Å². The zero-order valence-corrected chi connectivity index (χ0v) is 14.4. The molecule has 1 unspecified atom stereocenters. The third kappa shape index (κ3) is 4.89. The number of carboxylic acid groups (broad SMARTS) is 1. The average molecular weight is 360 g/mol. The summed E-state index contributed by atoms with van der Waals surface area (Å²) in [4.78, 5) is 11.2. The lowest BCUT2D eigenvalue weighted by atomic mass is 10.0. The van der Waals surface area contributed by atoms with Crippen LogP contribution in [0.3, 0.4) is 0 Å². The Bertz CT molecular complexity index is 491. The number of halogens is 1. The van der Waals surface area contributed by atoms with Crippen LogP contribution in [0.25, 0.3) is 0 Å². The molecule has 0 aromatic heterocycles. The molecule has 118 valence electrons. The van der Waals surface area contributed by atoms with Gasteiger partial charge in [0.25, 0.3) is 0 Å². The number of carboxylic acids is 1. The minimum Gasteiger partial charge on any atom is -0.493 e. The van der Waals surface area contributed by atoms with Gasteiger partial charge in [-0.2, -0.15) is 0 Å². The lowest BCUT2D eigenvalue weighted by molar-refractivity contribution is -0.140. The summed E-state index contributed by atoms with van der Waals surface area (Å²) in [5.74, 6) is 0.452. The molecule has 1 aromatic rings. The molecular weight excluding hydrogens is 338 g/mol. The highest BCUT2D eigenvalue weighted by Gasteiger charge is 2.21. The quantitative estimate of drug-likeness (QED) is 0.746. The summed E-state index contributed by atoms with van der Waals surface area (Å²) in [7, 11) is 1.58. The average Bonchev–Trinajstić information content (AvgIpc) is 2.41. The summed E-state index contributed by atoms with van der Waals surface area (Å²) >= 11 is 3.47. The van der Waals surface area contributed by atoms with Gasteiger partial charge in [0.05, 0.1) is 13.7 Å². The van der Waals surface area contributed by atoms with Crippen LogP contribution in [0, 0.1) is 5.92 Å². The minimum atomic E-state index is -0.848. The summed E-state index contributed by atoms with van der Waals surface area (Å²) in [6, 6.07) is 3.10. The molecule has 1 atom stereocenters. The summed E-state index contributed by atoms with van der Waals surface area (Å²) in [6.07, 6.45) is 0. The van der Waals surface area contributed by atoms with E-state index in [9.17, 15) is 9.90 Å². The number of carbonyl (C=O) groups is 1. The van der Waals surface area contributed by atoms with Gasteiger partial charge >= 0.3 is 5.97 Å². The fraction of sp³-hybridized carbons (Fsp3) is 0.533. The molecule has 0 saturated heterocycles. The predicted octanol–water partition coefficient (Wildman–Crippen LogP) is 3.06. The lowest BCUT2D eigenvalue weighted by Crippen LogP contribution is -2.40. The monoisotopic (exact) mass is 359 g/mol. The molecule has 0 heterocycles. The number of aliphatic carboxylic acids is 1. The maximum Gasteiger partial charge on any atom is 0.320 e. The van der Waals surface area contributed by atoms with Gasteiger partial charge in [-0.15, -0.1) is 0 Å². The van der Waals surface area contributed by atoms with Crippen LogP contribution in [0.5, 0.6) is 11.5 Å². The number of rotatable bonds is 8. The Kier molecular flexibility index (Phi) is 6.98. The van der Waals surface area contributed by atoms with Crippen LogP contribution in [0.1, 0.15) is 26.3 Å². The summed E-state index contributed by atoms with van der Waals surface area (Å²) < 4.78 is 11.7. The number of hydrogen-bond acceptors (Lipinski definition) is 4. The van der Waals surface area contributed by atoms with E-state index in [1.54, 1.807) is 7.11 Å². The Morgan fingerprint density at radius 2 is 2.05 bits per heavy atom. The maximum absolute atomic E-state index is 11.2. The van der Waals surface area contributed by atoms with Crippen molar-refractivity contribution in [1.82, 2.24) is 5.32 Å². The molecule has 0 amide bonds. The van der Waals surface area contributed by atoms with Gasteiger partial charge in [0.2, 0.25) is 0 Å². The lowest BCUT2D eigenvalue weighted by Gasteiger charge is -2.19. The van der Waals surface area contributed by atoms with Crippen LogP contribution in [0.2, 0.25) is 0 Å². The number of benzene rings is 1. The van der Waals surface area contributed by atoms with Gasteiger partial charge in [-0.3, -0.25) is 4.79 Å². The Labute approximate surface area is 133 Å². The minimum absolute atomic E-state index is 0.00545. The van der Waals surface area contributed by atoms with Gasteiger partial charge < -0.3 is 19.9 Å². The molecule has 0 fully saturated rings. The second-order valence-corrected chi connectivity index (χ2v) is 5.82. The van der Waals surface area contributed by atoms with Gasteiger partial charge in [0.15, 0.2) is 11.5 Å². The summed E-state index contributed by atoms with van der Waals surface area (Å²) in [5, 5.41) is 12.2. The molecule has 0 aliphatic heterocycles. The van der Waals surface area contributed by atoms with Crippen LogP contribution in [0.4, 0.5) is 0 Å². The van der Waals surface area contributed by atoms with Crippen molar-refractivity contribution >= 4 is 21.9 Å². The van der Waals surface area contributed by atoms with Crippen molar-refractivity contribution in [2.45, 2.75) is 33.4 Å². The van der Waals surface area contributed by atoms with Crippen molar-refractivity contribution in [2.24, 2.45) is 5.92 Å². The molecule has 1 rings (SSSR count). The van der Waals surface area contributed by atoms with Crippen LogP contribution < -0.4 is 14.8 Å². The van der Waals surface area contributed by atoms with Crippen molar-refractivity contribution in [3.8, 4) is 11.5 Å². The van der Waals surface area contributed by atoms with Crippen LogP contribution in [-0.4, -0.2) is 30.8 Å². The van der Waals surface area contributed by atoms with Crippen molar-refractivity contribution in [3.05, 3.63) is 22.2 Å². The van der Waals surface area contributed by atoms with Crippen molar-refractivity contribution in [3.63, 3.8) is 0 Å². The van der Waals surface area contributed by atoms with E-state index in [4.69, 9.17) is 9.47 Å². The molecule has 6 heteroatoms. The van der Waals surface area contributed by atoms with Gasteiger partial charge in [0.1, 0.15) is 6.04 Å². The SMILES string of the molecule is CCOc1cc(CNC(C(=O)O)C(C)C)c(Br)cc1OC. The molecule has 0 aliphatic rings. The van der Waals surface area contributed by atoms with E-state index in [-0.39, 0.29) is 5.92 Å². The molecule has 0 bridgehead atoms. The third-order valence-corrected chi connectivity index (χ3v) is 3.82. The summed E-state index contributed by atoms with van der Waals surface area (Å²) in [5.41, 5.74) is 0.922. The third-order valence-electron chi connectivity index (χ3n) is 3.08. The van der Waals surface area contributed by atoms with E-state index in [0.717, 1.165) is 10.0 Å². The smallest absolute Gasteiger partial charge is 0.320 e. The first-order valence-corrected chi connectivity index (χ1v) is 7.65. The van der Waals surface area contributed by atoms with E-state index in [2.05, 4.69) is 21.2 Å². The van der Waals surface area contributed by atoms with E-state index in [0.29, 0.717) is 24.7 Å². The van der Waals surface area contributed by atoms with Crippen molar-refractivity contribution in [2.75, 3.05) is 13.7 Å². The molecule has 2 N–H and O–H groups in total. The Balaban J connectivity index is 2.92. The number of methoxy groups -OCH3 is 1. The van der Waals surface area contributed by atoms with Crippen molar-refractivity contribution in [1.29, 1.82) is 0 Å². The molecular formula is C15H22BrNO4. The van der Waals surface area contributed by atoms with E-state index < -0.39 is 12.0 Å². The second kappa shape index (κ2) is 8.24. The number of ether oxygens (including phenoxy) is 2. The zero-order chi connectivity index (χ0) is 16.0. The first-order valence-electron chi connectivity index (χ1n) is 6.86. The van der Waals surface area contributed by atoms with E-state index >= 15 is 0 Å². The van der Waals surface area contributed by atoms with Gasteiger partial charge in [0, 0.05) is 11.0 Å². The topological polar surface area (TPSA) is 67.8 Å². The van der Waals surface area contributed by atoms with Gasteiger partial charge in [-0.1, -0.05) is 29.8 Å². The first kappa shape index (κ1) is 17.8. The second-order valence-electron chi connectivity index (χ2n) is 4.97.